The predicted molar refractivity (Wildman–Crippen MR) is 81.5 cm³/mol. The molecule has 2 rings (SSSR count). The lowest BCUT2D eigenvalue weighted by Crippen LogP contribution is -2.26. The number of hydrogen-bond donors (Lipinski definition) is 1. The van der Waals surface area contributed by atoms with Crippen LogP contribution in [0.3, 0.4) is 0 Å². The standard InChI is InChI=1S/C16H27NS/c1-4-10-17-16(12(3)5-2)15-11-13-8-6-7-9-14(13)18-15/h11-12,16-17H,4-10H2,1-3H3. The molecule has 1 N–H and O–H groups in total. The average Bonchev–Trinajstić information content (AvgIpc) is 2.82. The number of hydrogen-bond acceptors (Lipinski definition) is 2. The number of aryl methyl sites for hydroxylation is 2. The van der Waals surface area contributed by atoms with Crippen LogP contribution in [0.2, 0.25) is 0 Å². The first-order valence-corrected chi connectivity index (χ1v) is 8.42. The van der Waals surface area contributed by atoms with E-state index in [1.54, 1.807) is 15.3 Å². The van der Waals surface area contributed by atoms with Gasteiger partial charge in [-0.3, -0.25) is 0 Å². The molecule has 1 aromatic rings. The first-order valence-electron chi connectivity index (χ1n) is 7.61. The first-order chi connectivity index (χ1) is 8.76. The molecule has 0 fully saturated rings. The Labute approximate surface area is 116 Å². The van der Waals surface area contributed by atoms with Gasteiger partial charge in [-0.15, -0.1) is 11.3 Å². The van der Waals surface area contributed by atoms with Crippen molar-refractivity contribution in [2.24, 2.45) is 5.92 Å². The summed E-state index contributed by atoms with van der Waals surface area (Å²) in [6.45, 7) is 8.07. The molecule has 0 spiro atoms. The van der Waals surface area contributed by atoms with E-state index in [1.165, 1.54) is 38.5 Å². The van der Waals surface area contributed by atoms with Crippen LogP contribution in [-0.4, -0.2) is 6.54 Å². The van der Waals surface area contributed by atoms with Crippen molar-refractivity contribution in [3.8, 4) is 0 Å². The van der Waals surface area contributed by atoms with Gasteiger partial charge < -0.3 is 5.32 Å². The van der Waals surface area contributed by atoms with Gasteiger partial charge in [0, 0.05) is 15.8 Å². The van der Waals surface area contributed by atoms with Crippen molar-refractivity contribution in [2.45, 2.75) is 65.3 Å². The van der Waals surface area contributed by atoms with E-state index >= 15 is 0 Å². The molecule has 2 unspecified atom stereocenters. The van der Waals surface area contributed by atoms with Crippen molar-refractivity contribution >= 4 is 11.3 Å². The molecule has 0 bridgehead atoms. The maximum Gasteiger partial charge on any atom is 0.0440 e. The van der Waals surface area contributed by atoms with Crippen LogP contribution in [0.25, 0.3) is 0 Å². The van der Waals surface area contributed by atoms with Gasteiger partial charge in [0.2, 0.25) is 0 Å². The van der Waals surface area contributed by atoms with Crippen LogP contribution in [0.5, 0.6) is 0 Å². The molecule has 0 saturated carbocycles. The zero-order valence-corrected chi connectivity index (χ0v) is 12.9. The third-order valence-electron chi connectivity index (χ3n) is 4.15. The molecule has 102 valence electrons. The molecule has 1 aliphatic carbocycles. The Balaban J connectivity index is 2.15. The van der Waals surface area contributed by atoms with Gasteiger partial charge in [0.1, 0.15) is 0 Å². The van der Waals surface area contributed by atoms with Gasteiger partial charge in [0.05, 0.1) is 0 Å². The van der Waals surface area contributed by atoms with Crippen molar-refractivity contribution in [3.63, 3.8) is 0 Å². The van der Waals surface area contributed by atoms with Crippen molar-refractivity contribution in [1.82, 2.24) is 5.32 Å². The van der Waals surface area contributed by atoms with E-state index in [2.05, 4.69) is 43.5 Å². The fourth-order valence-electron chi connectivity index (χ4n) is 2.78. The summed E-state index contributed by atoms with van der Waals surface area (Å²) in [6, 6.07) is 3.07. The fourth-order valence-corrected chi connectivity index (χ4v) is 4.25. The largest absolute Gasteiger partial charge is 0.309 e. The third kappa shape index (κ3) is 3.16. The monoisotopic (exact) mass is 265 g/mol. The Bertz CT molecular complexity index is 346. The number of rotatable bonds is 6. The summed E-state index contributed by atoms with van der Waals surface area (Å²) in [5.74, 6) is 0.733. The summed E-state index contributed by atoms with van der Waals surface area (Å²) in [7, 11) is 0. The van der Waals surface area contributed by atoms with E-state index in [9.17, 15) is 0 Å². The maximum atomic E-state index is 3.76. The van der Waals surface area contributed by atoms with Crippen LogP contribution < -0.4 is 5.32 Å². The van der Waals surface area contributed by atoms with Crippen molar-refractivity contribution < 1.29 is 0 Å². The number of thiophene rings is 1. The van der Waals surface area contributed by atoms with Crippen LogP contribution in [0.4, 0.5) is 0 Å². The van der Waals surface area contributed by atoms with Gasteiger partial charge in [-0.05, 0) is 56.2 Å². The molecule has 0 aromatic carbocycles. The van der Waals surface area contributed by atoms with Gasteiger partial charge >= 0.3 is 0 Å². The van der Waals surface area contributed by atoms with Crippen LogP contribution in [0, 0.1) is 5.92 Å². The Hall–Kier alpha value is -0.340. The van der Waals surface area contributed by atoms with Crippen LogP contribution in [-0.2, 0) is 12.8 Å². The van der Waals surface area contributed by atoms with E-state index in [4.69, 9.17) is 0 Å². The lowest BCUT2D eigenvalue weighted by molar-refractivity contribution is 0.382. The lowest BCUT2D eigenvalue weighted by Gasteiger charge is -2.23. The molecule has 1 aromatic heterocycles. The van der Waals surface area contributed by atoms with Crippen LogP contribution >= 0.6 is 11.3 Å². The summed E-state index contributed by atoms with van der Waals surface area (Å²) in [4.78, 5) is 3.26. The minimum atomic E-state index is 0.575. The molecule has 0 saturated heterocycles. The van der Waals surface area contributed by atoms with E-state index in [1.807, 2.05) is 0 Å². The highest BCUT2D eigenvalue weighted by Crippen LogP contribution is 2.36. The Morgan fingerprint density at radius 3 is 2.72 bits per heavy atom. The smallest absolute Gasteiger partial charge is 0.0440 e. The summed E-state index contributed by atoms with van der Waals surface area (Å²) >= 11 is 2.08. The topological polar surface area (TPSA) is 12.0 Å². The number of fused-ring (bicyclic) bond motifs is 1. The van der Waals surface area contributed by atoms with E-state index in [0.717, 1.165) is 12.5 Å². The summed E-state index contributed by atoms with van der Waals surface area (Å²) < 4.78 is 0. The van der Waals surface area contributed by atoms with Crippen molar-refractivity contribution in [2.75, 3.05) is 6.54 Å². The minimum Gasteiger partial charge on any atom is -0.309 e. The Kier molecular flexibility index (Phi) is 5.25. The Morgan fingerprint density at radius 1 is 1.28 bits per heavy atom. The fraction of sp³-hybridized carbons (Fsp3) is 0.750. The highest BCUT2D eigenvalue weighted by atomic mass is 32.1. The predicted octanol–water partition coefficient (Wildman–Crippen LogP) is 4.71. The molecule has 1 heterocycles. The van der Waals surface area contributed by atoms with E-state index < -0.39 is 0 Å². The molecule has 0 aliphatic heterocycles. The zero-order valence-electron chi connectivity index (χ0n) is 12.1. The molecule has 2 heteroatoms. The summed E-state index contributed by atoms with van der Waals surface area (Å²) in [5.41, 5.74) is 1.65. The lowest BCUT2D eigenvalue weighted by atomic mass is 9.95. The second kappa shape index (κ2) is 6.72. The molecular weight excluding hydrogens is 238 g/mol. The summed E-state index contributed by atoms with van der Waals surface area (Å²) in [6.07, 6.45) is 7.89. The molecule has 1 nitrogen and oxygen atoms in total. The van der Waals surface area contributed by atoms with Crippen LogP contribution in [0.15, 0.2) is 6.07 Å². The third-order valence-corrected chi connectivity index (χ3v) is 5.47. The second-order valence-corrected chi connectivity index (χ2v) is 6.79. The zero-order chi connectivity index (χ0) is 13.0. The molecular formula is C16H27NS. The van der Waals surface area contributed by atoms with Crippen LogP contribution in [0.1, 0.15) is 67.8 Å². The second-order valence-electron chi connectivity index (χ2n) is 5.62. The minimum absolute atomic E-state index is 0.575. The molecule has 0 amide bonds. The normalized spacial score (nSPS) is 18.4. The SMILES string of the molecule is CCCNC(c1cc2c(s1)CCCC2)C(C)CC. The maximum absolute atomic E-state index is 3.76. The summed E-state index contributed by atoms with van der Waals surface area (Å²) in [5, 5.41) is 3.76. The highest BCUT2D eigenvalue weighted by molar-refractivity contribution is 7.12. The molecule has 2 atom stereocenters. The first kappa shape index (κ1) is 14.1. The highest BCUT2D eigenvalue weighted by Gasteiger charge is 2.22. The van der Waals surface area contributed by atoms with Gasteiger partial charge in [0.15, 0.2) is 0 Å². The molecule has 0 radical (unpaired) electrons. The number of nitrogens with one attached hydrogen (secondary N) is 1. The Morgan fingerprint density at radius 2 is 2.06 bits per heavy atom. The van der Waals surface area contributed by atoms with E-state index in [0.29, 0.717) is 6.04 Å². The van der Waals surface area contributed by atoms with Gasteiger partial charge in [0.25, 0.3) is 0 Å². The molecule has 1 aliphatic rings. The van der Waals surface area contributed by atoms with Crippen molar-refractivity contribution in [3.05, 3.63) is 21.4 Å². The average molecular weight is 265 g/mol. The molecule has 18 heavy (non-hydrogen) atoms. The van der Waals surface area contributed by atoms with Gasteiger partial charge in [-0.1, -0.05) is 27.2 Å². The van der Waals surface area contributed by atoms with Crippen molar-refractivity contribution in [1.29, 1.82) is 0 Å². The quantitative estimate of drug-likeness (QED) is 0.785. The van der Waals surface area contributed by atoms with Gasteiger partial charge in [-0.2, -0.15) is 0 Å². The van der Waals surface area contributed by atoms with Gasteiger partial charge in [-0.25, -0.2) is 0 Å². The van der Waals surface area contributed by atoms with E-state index in [-0.39, 0.29) is 0 Å².